The molecule has 0 atom stereocenters. The molecule has 0 radical (unpaired) electrons. The Morgan fingerprint density at radius 3 is 2.38 bits per heavy atom. The van der Waals surface area contributed by atoms with Gasteiger partial charge in [-0.25, -0.2) is 5.43 Å². The van der Waals surface area contributed by atoms with Crippen molar-refractivity contribution < 1.29 is 4.79 Å². The van der Waals surface area contributed by atoms with Crippen LogP contribution in [0.4, 0.5) is 0 Å². The smallest absolute Gasteiger partial charge is 0.235 e. The van der Waals surface area contributed by atoms with Crippen LogP contribution in [0, 0.1) is 0 Å². The standard InChI is InChI=1S/C5H10N2O/c1-5(2)3-4(8)6-7-5/h7H,3H2,1-2H3,(H,6,8). The molecule has 0 unspecified atom stereocenters. The van der Waals surface area contributed by atoms with E-state index in [9.17, 15) is 4.79 Å². The van der Waals surface area contributed by atoms with Crippen LogP contribution in [0.1, 0.15) is 20.3 Å². The second-order valence-electron chi connectivity index (χ2n) is 2.73. The third kappa shape index (κ3) is 0.980. The van der Waals surface area contributed by atoms with Crippen molar-refractivity contribution in [1.29, 1.82) is 0 Å². The molecule has 1 saturated heterocycles. The molecule has 3 nitrogen and oxygen atoms in total. The van der Waals surface area contributed by atoms with Crippen molar-refractivity contribution >= 4 is 5.91 Å². The van der Waals surface area contributed by atoms with E-state index in [-0.39, 0.29) is 11.4 Å². The number of carbonyl (C=O) groups is 1. The van der Waals surface area contributed by atoms with E-state index >= 15 is 0 Å². The molecule has 0 aromatic carbocycles. The zero-order chi connectivity index (χ0) is 6.20. The number of hydrogen-bond donors (Lipinski definition) is 2. The van der Waals surface area contributed by atoms with E-state index in [0.717, 1.165) is 0 Å². The first-order chi connectivity index (χ1) is 3.60. The number of nitrogens with one attached hydrogen (secondary N) is 2. The van der Waals surface area contributed by atoms with Crippen LogP contribution in [0.2, 0.25) is 0 Å². The van der Waals surface area contributed by atoms with E-state index in [0.29, 0.717) is 6.42 Å². The van der Waals surface area contributed by atoms with Gasteiger partial charge in [0.2, 0.25) is 5.91 Å². The van der Waals surface area contributed by atoms with Crippen molar-refractivity contribution in [2.45, 2.75) is 25.8 Å². The maximum atomic E-state index is 10.5. The lowest BCUT2D eigenvalue weighted by Gasteiger charge is -2.12. The molecule has 0 aromatic heterocycles. The average Bonchev–Trinajstić information content (AvgIpc) is 1.82. The highest BCUT2D eigenvalue weighted by Crippen LogP contribution is 2.10. The second kappa shape index (κ2) is 1.45. The Bertz CT molecular complexity index is 120. The van der Waals surface area contributed by atoms with Crippen molar-refractivity contribution in [3.05, 3.63) is 0 Å². The first kappa shape index (κ1) is 5.56. The molecule has 1 aliphatic rings. The lowest BCUT2D eigenvalue weighted by molar-refractivity contribution is -0.119. The largest absolute Gasteiger partial charge is 0.291 e. The third-order valence-electron chi connectivity index (χ3n) is 1.14. The third-order valence-corrected chi connectivity index (χ3v) is 1.14. The molecular weight excluding hydrogens is 104 g/mol. The summed E-state index contributed by atoms with van der Waals surface area (Å²) in [5.41, 5.74) is 5.32. The minimum atomic E-state index is -0.0446. The Morgan fingerprint density at radius 2 is 2.25 bits per heavy atom. The summed E-state index contributed by atoms with van der Waals surface area (Å²) in [6.07, 6.45) is 0.576. The minimum Gasteiger partial charge on any atom is -0.291 e. The van der Waals surface area contributed by atoms with E-state index in [1.807, 2.05) is 13.8 Å². The summed E-state index contributed by atoms with van der Waals surface area (Å²) < 4.78 is 0. The molecule has 3 heteroatoms. The number of hydrogen-bond acceptors (Lipinski definition) is 2. The van der Waals surface area contributed by atoms with Crippen LogP contribution >= 0.6 is 0 Å². The zero-order valence-electron chi connectivity index (χ0n) is 5.12. The summed E-state index contributed by atoms with van der Waals surface area (Å²) in [7, 11) is 0. The number of amides is 1. The predicted octanol–water partition coefficient (Wildman–Crippen LogP) is -0.211. The molecule has 8 heavy (non-hydrogen) atoms. The quantitative estimate of drug-likeness (QED) is 0.457. The maximum Gasteiger partial charge on any atom is 0.235 e. The Balaban J connectivity index is 2.56. The average molecular weight is 114 g/mol. The Hall–Kier alpha value is -0.570. The number of rotatable bonds is 0. The molecule has 1 heterocycles. The van der Waals surface area contributed by atoms with E-state index < -0.39 is 0 Å². The van der Waals surface area contributed by atoms with Gasteiger partial charge in [0.05, 0.1) is 0 Å². The molecule has 0 aromatic rings. The molecule has 2 N–H and O–H groups in total. The fourth-order valence-corrected chi connectivity index (χ4v) is 0.729. The highest BCUT2D eigenvalue weighted by molar-refractivity contribution is 5.78. The van der Waals surface area contributed by atoms with Gasteiger partial charge in [0.25, 0.3) is 0 Å². The molecule has 46 valence electrons. The Labute approximate surface area is 48.4 Å². The van der Waals surface area contributed by atoms with Gasteiger partial charge in [0.1, 0.15) is 0 Å². The monoisotopic (exact) mass is 114 g/mol. The Kier molecular flexibility index (Phi) is 1.01. The summed E-state index contributed by atoms with van der Waals surface area (Å²) in [5, 5.41) is 0. The van der Waals surface area contributed by atoms with Crippen LogP contribution in [-0.2, 0) is 4.79 Å². The van der Waals surface area contributed by atoms with Gasteiger partial charge < -0.3 is 0 Å². The summed E-state index contributed by atoms with van der Waals surface area (Å²) >= 11 is 0. The van der Waals surface area contributed by atoms with Crippen LogP contribution in [-0.4, -0.2) is 11.4 Å². The molecule has 0 aliphatic carbocycles. The summed E-state index contributed by atoms with van der Waals surface area (Å²) in [4.78, 5) is 10.5. The molecule has 1 amide bonds. The first-order valence-corrected chi connectivity index (χ1v) is 2.66. The van der Waals surface area contributed by atoms with Crippen LogP contribution in [0.5, 0.6) is 0 Å². The van der Waals surface area contributed by atoms with Crippen molar-refractivity contribution in [3.63, 3.8) is 0 Å². The fraction of sp³-hybridized carbons (Fsp3) is 0.800. The zero-order valence-corrected chi connectivity index (χ0v) is 5.12. The van der Waals surface area contributed by atoms with Crippen molar-refractivity contribution in [2.24, 2.45) is 0 Å². The summed E-state index contributed by atoms with van der Waals surface area (Å²) in [6, 6.07) is 0. The molecule has 1 fully saturated rings. The topological polar surface area (TPSA) is 41.1 Å². The van der Waals surface area contributed by atoms with Gasteiger partial charge in [-0.05, 0) is 13.8 Å². The molecule has 0 spiro atoms. The predicted molar refractivity (Wildman–Crippen MR) is 30.0 cm³/mol. The van der Waals surface area contributed by atoms with E-state index in [4.69, 9.17) is 0 Å². The van der Waals surface area contributed by atoms with Crippen molar-refractivity contribution in [2.75, 3.05) is 0 Å². The molecule has 1 aliphatic heterocycles. The van der Waals surface area contributed by atoms with Gasteiger partial charge in [-0.3, -0.25) is 10.2 Å². The lowest BCUT2D eigenvalue weighted by Crippen LogP contribution is -2.38. The van der Waals surface area contributed by atoms with Gasteiger partial charge in [0.15, 0.2) is 0 Å². The lowest BCUT2D eigenvalue weighted by atomic mass is 10.0. The van der Waals surface area contributed by atoms with Gasteiger partial charge in [-0.2, -0.15) is 0 Å². The second-order valence-corrected chi connectivity index (χ2v) is 2.73. The van der Waals surface area contributed by atoms with Crippen LogP contribution in [0.25, 0.3) is 0 Å². The minimum absolute atomic E-state index is 0.0446. The van der Waals surface area contributed by atoms with Crippen LogP contribution in [0.3, 0.4) is 0 Å². The SMILES string of the molecule is CC1(C)CC(=O)NN1. The molecular formula is C5H10N2O. The van der Waals surface area contributed by atoms with Gasteiger partial charge in [-0.15, -0.1) is 0 Å². The Morgan fingerprint density at radius 1 is 1.62 bits per heavy atom. The van der Waals surface area contributed by atoms with E-state index in [1.54, 1.807) is 0 Å². The first-order valence-electron chi connectivity index (χ1n) is 2.66. The maximum absolute atomic E-state index is 10.5. The summed E-state index contributed by atoms with van der Waals surface area (Å²) in [6.45, 7) is 3.95. The van der Waals surface area contributed by atoms with Crippen molar-refractivity contribution in [1.82, 2.24) is 10.9 Å². The van der Waals surface area contributed by atoms with E-state index in [2.05, 4.69) is 10.9 Å². The summed E-state index contributed by atoms with van der Waals surface area (Å²) in [5.74, 6) is 0.0787. The highest BCUT2D eigenvalue weighted by atomic mass is 16.2. The van der Waals surface area contributed by atoms with E-state index in [1.165, 1.54) is 0 Å². The highest BCUT2D eigenvalue weighted by Gasteiger charge is 2.27. The number of carbonyl (C=O) groups excluding carboxylic acids is 1. The molecule has 1 rings (SSSR count). The van der Waals surface area contributed by atoms with Crippen molar-refractivity contribution in [3.8, 4) is 0 Å². The van der Waals surface area contributed by atoms with Crippen LogP contribution < -0.4 is 10.9 Å². The normalized spacial score (nSPS) is 25.5. The fourth-order valence-electron chi connectivity index (χ4n) is 0.729. The van der Waals surface area contributed by atoms with Gasteiger partial charge in [0, 0.05) is 12.0 Å². The molecule has 0 bridgehead atoms. The van der Waals surface area contributed by atoms with Gasteiger partial charge in [-0.1, -0.05) is 0 Å². The number of hydrazine groups is 1. The van der Waals surface area contributed by atoms with Crippen LogP contribution in [0.15, 0.2) is 0 Å². The molecule has 0 saturated carbocycles. The van der Waals surface area contributed by atoms with Gasteiger partial charge >= 0.3 is 0 Å².